The molecule has 4 nitrogen and oxygen atoms in total. The average Bonchev–Trinajstić information content (AvgIpc) is 2.90. The largest absolute Gasteiger partial charge is 0.395 e. The Balaban J connectivity index is 1.85. The number of carbonyl (C=O) groups excluding carboxylic acids is 1. The minimum Gasteiger partial charge on any atom is -0.395 e. The molecule has 0 spiro atoms. The fourth-order valence-corrected chi connectivity index (χ4v) is 3.30. The van der Waals surface area contributed by atoms with Gasteiger partial charge in [0.05, 0.1) is 6.61 Å². The van der Waals surface area contributed by atoms with Crippen molar-refractivity contribution in [2.75, 3.05) is 26.2 Å². The van der Waals surface area contributed by atoms with Crippen molar-refractivity contribution >= 4 is 5.91 Å². The molecule has 2 fully saturated rings. The number of aliphatic hydroxyl groups is 1. The van der Waals surface area contributed by atoms with E-state index in [0.29, 0.717) is 24.9 Å². The quantitative estimate of drug-likeness (QED) is 0.773. The maximum Gasteiger partial charge on any atom is 0.223 e. The van der Waals surface area contributed by atoms with E-state index in [0.717, 1.165) is 32.4 Å². The van der Waals surface area contributed by atoms with Crippen molar-refractivity contribution in [3.63, 3.8) is 0 Å². The molecule has 4 heteroatoms. The molecular weight excluding hydrogens is 228 g/mol. The van der Waals surface area contributed by atoms with Crippen LogP contribution in [0.2, 0.25) is 0 Å². The minimum absolute atomic E-state index is 0.0884. The van der Waals surface area contributed by atoms with Gasteiger partial charge < -0.3 is 15.3 Å². The minimum atomic E-state index is 0.0884. The molecule has 1 heterocycles. The van der Waals surface area contributed by atoms with Gasteiger partial charge in [0.15, 0.2) is 0 Å². The molecule has 1 amide bonds. The third-order valence-corrected chi connectivity index (χ3v) is 4.29. The molecule has 0 radical (unpaired) electrons. The number of aliphatic hydroxyl groups excluding tert-OH is 1. The monoisotopic (exact) mass is 254 g/mol. The second kappa shape index (κ2) is 7.10. The van der Waals surface area contributed by atoms with Crippen LogP contribution in [-0.2, 0) is 4.79 Å². The summed E-state index contributed by atoms with van der Waals surface area (Å²) in [5.74, 6) is 0.749. The lowest BCUT2D eigenvalue weighted by Gasteiger charge is -2.31. The van der Waals surface area contributed by atoms with Gasteiger partial charge in [0.1, 0.15) is 0 Å². The first-order chi connectivity index (χ1) is 8.81. The van der Waals surface area contributed by atoms with E-state index in [-0.39, 0.29) is 12.5 Å². The summed E-state index contributed by atoms with van der Waals surface area (Å²) in [5, 5.41) is 12.5. The van der Waals surface area contributed by atoms with E-state index in [1.165, 1.54) is 19.3 Å². The van der Waals surface area contributed by atoms with Gasteiger partial charge in [0, 0.05) is 19.0 Å². The van der Waals surface area contributed by atoms with Crippen molar-refractivity contribution in [3.8, 4) is 0 Å². The number of nitrogens with zero attached hydrogens (tertiary/aromatic N) is 1. The summed E-state index contributed by atoms with van der Waals surface area (Å²) >= 11 is 0. The number of hydrogen-bond acceptors (Lipinski definition) is 3. The number of amides is 1. The number of hydrogen-bond donors (Lipinski definition) is 2. The molecule has 1 saturated heterocycles. The van der Waals surface area contributed by atoms with Crippen LogP contribution in [0, 0.1) is 5.92 Å². The standard InChI is InChI=1S/C14H26N2O2/c17-9-8-16(13-5-1-2-6-13)14(18)10-12-4-3-7-15-11-12/h12-13,15,17H,1-11H2. The number of rotatable bonds is 5. The predicted octanol–water partition coefficient (Wildman–Crippen LogP) is 1.14. The van der Waals surface area contributed by atoms with Crippen molar-refractivity contribution < 1.29 is 9.90 Å². The Bertz CT molecular complexity index is 259. The molecule has 1 aliphatic carbocycles. The van der Waals surface area contributed by atoms with E-state index in [4.69, 9.17) is 5.11 Å². The van der Waals surface area contributed by atoms with Gasteiger partial charge in [0.2, 0.25) is 5.91 Å². The Morgan fingerprint density at radius 1 is 1.22 bits per heavy atom. The van der Waals surface area contributed by atoms with Crippen LogP contribution in [0.25, 0.3) is 0 Å². The average molecular weight is 254 g/mol. The van der Waals surface area contributed by atoms with Crippen molar-refractivity contribution in [2.24, 2.45) is 5.92 Å². The lowest BCUT2D eigenvalue weighted by molar-refractivity contribution is -0.135. The second-order valence-electron chi connectivity index (χ2n) is 5.67. The van der Waals surface area contributed by atoms with E-state index in [2.05, 4.69) is 5.32 Å². The maximum absolute atomic E-state index is 12.4. The predicted molar refractivity (Wildman–Crippen MR) is 71.3 cm³/mol. The highest BCUT2D eigenvalue weighted by Crippen LogP contribution is 2.25. The molecule has 0 bridgehead atoms. The zero-order chi connectivity index (χ0) is 12.8. The Morgan fingerprint density at radius 2 is 2.00 bits per heavy atom. The highest BCUT2D eigenvalue weighted by atomic mass is 16.3. The first-order valence-electron chi connectivity index (χ1n) is 7.42. The fraction of sp³-hybridized carbons (Fsp3) is 0.929. The first-order valence-corrected chi connectivity index (χ1v) is 7.42. The van der Waals surface area contributed by atoms with E-state index >= 15 is 0 Å². The highest BCUT2D eigenvalue weighted by Gasteiger charge is 2.28. The molecule has 0 aromatic heterocycles. The number of nitrogens with one attached hydrogen (secondary N) is 1. The van der Waals surface area contributed by atoms with E-state index < -0.39 is 0 Å². The van der Waals surface area contributed by atoms with Gasteiger partial charge in [-0.15, -0.1) is 0 Å². The molecule has 104 valence electrons. The van der Waals surface area contributed by atoms with Gasteiger partial charge >= 0.3 is 0 Å². The second-order valence-corrected chi connectivity index (χ2v) is 5.67. The molecule has 2 aliphatic rings. The van der Waals surface area contributed by atoms with E-state index in [9.17, 15) is 4.79 Å². The third kappa shape index (κ3) is 3.69. The molecule has 1 unspecified atom stereocenters. The van der Waals surface area contributed by atoms with Gasteiger partial charge in [0.25, 0.3) is 0 Å². The SMILES string of the molecule is O=C(CC1CCCNC1)N(CCO)C1CCCC1. The zero-order valence-corrected chi connectivity index (χ0v) is 11.2. The third-order valence-electron chi connectivity index (χ3n) is 4.29. The normalized spacial score (nSPS) is 25.3. The highest BCUT2D eigenvalue weighted by molar-refractivity contribution is 5.76. The van der Waals surface area contributed by atoms with Crippen molar-refractivity contribution in [1.82, 2.24) is 10.2 Å². The molecule has 1 atom stereocenters. The summed E-state index contributed by atoms with van der Waals surface area (Å²) in [6.45, 7) is 2.67. The van der Waals surface area contributed by atoms with Gasteiger partial charge in [-0.3, -0.25) is 4.79 Å². The topological polar surface area (TPSA) is 52.6 Å². The summed E-state index contributed by atoms with van der Waals surface area (Å²) in [6, 6.07) is 0.390. The van der Waals surface area contributed by atoms with Gasteiger partial charge in [-0.1, -0.05) is 12.8 Å². The van der Waals surface area contributed by atoms with Crippen LogP contribution in [0.4, 0.5) is 0 Å². The molecule has 1 aliphatic heterocycles. The zero-order valence-electron chi connectivity index (χ0n) is 11.2. The van der Waals surface area contributed by atoms with Crippen LogP contribution in [0.3, 0.4) is 0 Å². The van der Waals surface area contributed by atoms with E-state index in [1.54, 1.807) is 0 Å². The van der Waals surface area contributed by atoms with Gasteiger partial charge in [-0.2, -0.15) is 0 Å². The Hall–Kier alpha value is -0.610. The lowest BCUT2D eigenvalue weighted by Crippen LogP contribution is -2.42. The van der Waals surface area contributed by atoms with Crippen molar-refractivity contribution in [3.05, 3.63) is 0 Å². The van der Waals surface area contributed by atoms with Crippen molar-refractivity contribution in [1.29, 1.82) is 0 Å². The van der Waals surface area contributed by atoms with Crippen LogP contribution < -0.4 is 5.32 Å². The Kier molecular flexibility index (Phi) is 5.45. The summed E-state index contributed by atoms with van der Waals surface area (Å²) in [7, 11) is 0. The maximum atomic E-state index is 12.4. The smallest absolute Gasteiger partial charge is 0.223 e. The van der Waals surface area contributed by atoms with E-state index in [1.807, 2.05) is 4.90 Å². The molecule has 18 heavy (non-hydrogen) atoms. The molecule has 0 aromatic carbocycles. The van der Waals surface area contributed by atoms with Gasteiger partial charge in [-0.25, -0.2) is 0 Å². The summed E-state index contributed by atoms with van der Waals surface area (Å²) in [5.41, 5.74) is 0. The van der Waals surface area contributed by atoms with Crippen LogP contribution in [0.15, 0.2) is 0 Å². The number of carbonyl (C=O) groups is 1. The van der Waals surface area contributed by atoms with Crippen molar-refractivity contribution in [2.45, 2.75) is 51.0 Å². The van der Waals surface area contributed by atoms with Crippen LogP contribution in [-0.4, -0.2) is 48.2 Å². The van der Waals surface area contributed by atoms with Gasteiger partial charge in [-0.05, 0) is 44.7 Å². The number of piperidine rings is 1. The summed E-state index contributed by atoms with van der Waals surface area (Å²) in [4.78, 5) is 14.3. The summed E-state index contributed by atoms with van der Waals surface area (Å²) < 4.78 is 0. The first kappa shape index (κ1) is 13.8. The van der Waals surface area contributed by atoms with Crippen LogP contribution in [0.1, 0.15) is 44.9 Å². The molecule has 2 N–H and O–H groups in total. The van der Waals surface area contributed by atoms with Crippen LogP contribution in [0.5, 0.6) is 0 Å². The lowest BCUT2D eigenvalue weighted by atomic mass is 9.95. The molecule has 2 rings (SSSR count). The van der Waals surface area contributed by atoms with Crippen LogP contribution >= 0.6 is 0 Å². The molecule has 0 aromatic rings. The Morgan fingerprint density at radius 3 is 2.61 bits per heavy atom. The fourth-order valence-electron chi connectivity index (χ4n) is 3.30. The molecular formula is C14H26N2O2. The molecule has 1 saturated carbocycles. The summed E-state index contributed by atoms with van der Waals surface area (Å²) in [6.07, 6.45) is 7.69. The Labute approximate surface area is 110 Å².